The Balaban J connectivity index is 1.47. The number of aliphatic hydroxyl groups is 1. The Hall–Kier alpha value is -3.25. The van der Waals surface area contributed by atoms with E-state index >= 15 is 0 Å². The summed E-state index contributed by atoms with van der Waals surface area (Å²) in [6.45, 7) is 13.5. The van der Waals surface area contributed by atoms with E-state index in [1.54, 1.807) is 12.3 Å². The minimum atomic E-state index is -4.49. The molecule has 1 saturated carbocycles. The molecular weight excluding hydrogens is 788 g/mol. The van der Waals surface area contributed by atoms with Crippen molar-refractivity contribution in [2.24, 2.45) is 11.8 Å². The molecule has 3 aromatic rings. The van der Waals surface area contributed by atoms with E-state index < -0.39 is 73.1 Å². The Kier molecular flexibility index (Phi) is 14.5. The lowest BCUT2D eigenvalue weighted by molar-refractivity contribution is -0.0524. The van der Waals surface area contributed by atoms with Gasteiger partial charge in [0.05, 0.1) is 38.1 Å². The second kappa shape index (κ2) is 18.6. The molecule has 1 saturated heterocycles. The number of fused-ring (bicyclic) bond motifs is 1. The standard InChI is InChI=1S/C33H51N9O11P2Si/c1-20(2)15-36-32-40-29-26(30(44)41-32)38-19-42(29)31-28(51-54(45)46)27(53-56(6,7)33(3,4)5)24(50-31)17-49-55(47,48-12-8-10-34)52-23-14-22(13-21(23)16-43)39-25-9-11-35-18-37-25/h9,11,18-24,27-28,31,43H,8,12-17H2,1-7H3,(H3-,35,36,37,39,40,41,44,45,46)/p+1/t21-,22-,23+,24-,27-,28-,31-,55-/m1/s1. The number of H-pyrrole nitrogens is 1. The number of nitrogens with zero attached hydrogens (tertiary/aromatic N) is 6. The topological polar surface area (TPSA) is 267 Å². The zero-order valence-electron chi connectivity index (χ0n) is 32.5. The molecule has 5 N–H and O–H groups in total. The highest BCUT2D eigenvalue weighted by atomic mass is 31.2. The number of nitriles is 1. The van der Waals surface area contributed by atoms with Gasteiger partial charge < -0.3 is 24.9 Å². The molecule has 1 aliphatic carbocycles. The first-order valence-electron chi connectivity index (χ1n) is 18.4. The van der Waals surface area contributed by atoms with Gasteiger partial charge >= 0.3 is 16.1 Å². The van der Waals surface area contributed by atoms with E-state index in [9.17, 15) is 29.2 Å². The number of nitrogens with one attached hydrogen (secondary N) is 3. The predicted octanol–water partition coefficient (Wildman–Crippen LogP) is 4.62. The summed E-state index contributed by atoms with van der Waals surface area (Å²) in [5.74, 6) is 0.547. The third-order valence-electron chi connectivity index (χ3n) is 10.0. The molecule has 3 aromatic heterocycles. The lowest BCUT2D eigenvalue weighted by Gasteiger charge is -2.39. The second-order valence-corrected chi connectivity index (χ2v) is 22.8. The average molecular weight is 841 g/mol. The van der Waals surface area contributed by atoms with Crippen molar-refractivity contribution in [3.8, 4) is 6.07 Å². The number of aromatic amines is 1. The maximum absolute atomic E-state index is 14.4. The van der Waals surface area contributed by atoms with Crippen LogP contribution in [0.5, 0.6) is 0 Å². The van der Waals surface area contributed by atoms with Crippen LogP contribution >= 0.6 is 16.1 Å². The van der Waals surface area contributed by atoms with Crippen molar-refractivity contribution in [3.63, 3.8) is 0 Å². The highest BCUT2D eigenvalue weighted by molar-refractivity contribution is 7.48. The minimum Gasteiger partial charge on any atom is -0.408 e. The summed E-state index contributed by atoms with van der Waals surface area (Å²) in [7, 11) is -10.4. The fourth-order valence-electron chi connectivity index (χ4n) is 6.18. The SMILES string of the molecule is CC(C)CNc1nc2c(ncn2[C@@H]2O[C@H](CO[P@@](=O)(OCCC#N)O[C@H]3C[C@H](Nc4ccncn4)C[C@@H]3CO)[C@@H](O[Si](C)(C)C(C)(C)C)[C@H]2O[P+](=O)O)c(=O)[nH]1. The largest absolute Gasteiger partial charge is 0.695 e. The summed E-state index contributed by atoms with van der Waals surface area (Å²) in [5, 5.41) is 25.5. The highest BCUT2D eigenvalue weighted by Gasteiger charge is 2.56. The van der Waals surface area contributed by atoms with Crippen molar-refractivity contribution in [1.29, 1.82) is 5.26 Å². The van der Waals surface area contributed by atoms with Gasteiger partial charge in [-0.25, -0.2) is 19.5 Å². The van der Waals surface area contributed by atoms with Gasteiger partial charge in [0.2, 0.25) is 5.95 Å². The Morgan fingerprint density at radius 1 is 1.23 bits per heavy atom. The number of phosphoric ester groups is 1. The van der Waals surface area contributed by atoms with E-state index in [0.29, 0.717) is 25.2 Å². The molecule has 308 valence electrons. The van der Waals surface area contributed by atoms with Crippen molar-refractivity contribution in [3.05, 3.63) is 35.3 Å². The Bertz CT molecular complexity index is 1940. The molecule has 0 spiro atoms. The molecular formula is C33H52N9O11P2Si+. The lowest BCUT2D eigenvalue weighted by Crippen LogP contribution is -2.50. The number of hydrogen-bond donors (Lipinski definition) is 5. The molecule has 0 amide bonds. The molecule has 5 rings (SSSR count). The quantitative estimate of drug-likeness (QED) is 0.0626. The van der Waals surface area contributed by atoms with Crippen LogP contribution in [0.2, 0.25) is 18.1 Å². The fraction of sp³-hybridized carbons (Fsp3) is 0.697. The Morgan fingerprint density at radius 2 is 2.00 bits per heavy atom. The number of phosphoric acid groups is 1. The van der Waals surface area contributed by atoms with Gasteiger partial charge in [-0.15, -0.1) is 9.42 Å². The maximum atomic E-state index is 14.4. The van der Waals surface area contributed by atoms with Crippen molar-refractivity contribution < 1.29 is 46.4 Å². The van der Waals surface area contributed by atoms with Crippen molar-refractivity contribution >= 4 is 47.3 Å². The summed E-state index contributed by atoms with van der Waals surface area (Å²) in [5.41, 5.74) is -0.425. The molecule has 20 nitrogen and oxygen atoms in total. The van der Waals surface area contributed by atoms with Crippen LogP contribution < -0.4 is 16.2 Å². The zero-order valence-corrected chi connectivity index (χ0v) is 35.3. The first kappa shape index (κ1) is 43.9. The molecule has 2 fully saturated rings. The minimum absolute atomic E-state index is 0.0105. The molecule has 0 bridgehead atoms. The summed E-state index contributed by atoms with van der Waals surface area (Å²) >= 11 is 0. The van der Waals surface area contributed by atoms with Crippen LogP contribution in [0.15, 0.2) is 29.7 Å². The number of imidazole rings is 1. The molecule has 56 heavy (non-hydrogen) atoms. The van der Waals surface area contributed by atoms with Crippen molar-refractivity contribution in [1.82, 2.24) is 29.5 Å². The van der Waals surface area contributed by atoms with Crippen LogP contribution in [0.25, 0.3) is 11.2 Å². The Labute approximate surface area is 326 Å². The van der Waals surface area contributed by atoms with Crippen molar-refractivity contribution in [2.75, 3.05) is 37.0 Å². The van der Waals surface area contributed by atoms with Gasteiger partial charge in [-0.2, -0.15) is 10.2 Å². The first-order chi connectivity index (χ1) is 26.4. The van der Waals surface area contributed by atoms with Crippen LogP contribution in [-0.2, 0) is 36.4 Å². The summed E-state index contributed by atoms with van der Waals surface area (Å²) < 4.78 is 64.9. The van der Waals surface area contributed by atoms with Gasteiger partial charge in [-0.1, -0.05) is 34.6 Å². The maximum Gasteiger partial charge on any atom is 0.695 e. The number of rotatable bonds is 19. The smallest absolute Gasteiger partial charge is 0.408 e. The highest BCUT2D eigenvalue weighted by Crippen LogP contribution is 2.54. The number of ether oxygens (including phenoxy) is 1. The average Bonchev–Trinajstić information content (AvgIpc) is 3.81. The number of aliphatic hydroxyl groups excluding tert-OH is 1. The number of aromatic nitrogens is 6. The van der Waals surface area contributed by atoms with E-state index in [-0.39, 0.29) is 53.7 Å². The van der Waals surface area contributed by atoms with Gasteiger partial charge in [-0.05, 0) is 43.0 Å². The summed E-state index contributed by atoms with van der Waals surface area (Å²) in [4.78, 5) is 42.8. The normalized spacial score (nSPS) is 25.7. The lowest BCUT2D eigenvalue weighted by atomic mass is 10.1. The second-order valence-electron chi connectivity index (χ2n) is 15.7. The van der Waals surface area contributed by atoms with Gasteiger partial charge in [0.1, 0.15) is 24.4 Å². The third-order valence-corrected chi connectivity index (χ3v) is 16.4. The fourth-order valence-corrected chi connectivity index (χ4v) is 9.36. The first-order valence-corrected chi connectivity index (χ1v) is 23.9. The molecule has 0 radical (unpaired) electrons. The van der Waals surface area contributed by atoms with Crippen LogP contribution in [0.4, 0.5) is 11.8 Å². The molecule has 9 atom stereocenters. The summed E-state index contributed by atoms with van der Waals surface area (Å²) in [6, 6.07) is 3.44. The van der Waals surface area contributed by atoms with Crippen LogP contribution in [0.1, 0.15) is 60.1 Å². The van der Waals surface area contributed by atoms with E-state index in [4.69, 9.17) is 27.3 Å². The van der Waals surface area contributed by atoms with Gasteiger partial charge in [0, 0.05) is 35.9 Å². The molecule has 0 aromatic carbocycles. The molecule has 1 aliphatic heterocycles. The van der Waals surface area contributed by atoms with E-state index in [1.165, 1.54) is 17.2 Å². The van der Waals surface area contributed by atoms with E-state index in [1.807, 2.05) is 53.8 Å². The van der Waals surface area contributed by atoms with E-state index in [2.05, 4.69) is 35.6 Å². The molecule has 23 heteroatoms. The van der Waals surface area contributed by atoms with Crippen LogP contribution in [0, 0.1) is 23.2 Å². The van der Waals surface area contributed by atoms with E-state index in [0.717, 1.165) is 0 Å². The van der Waals surface area contributed by atoms with Gasteiger partial charge in [-0.3, -0.25) is 27.9 Å². The molecule has 2 aliphatic rings. The predicted molar refractivity (Wildman–Crippen MR) is 206 cm³/mol. The summed E-state index contributed by atoms with van der Waals surface area (Å²) in [6.07, 6.45) is -0.526. The van der Waals surface area contributed by atoms with Crippen LogP contribution in [0.3, 0.4) is 0 Å². The molecule has 4 heterocycles. The third kappa shape index (κ3) is 10.8. The number of hydrogen-bond acceptors (Lipinski definition) is 17. The Morgan fingerprint density at radius 3 is 2.64 bits per heavy atom. The number of anilines is 2. The van der Waals surface area contributed by atoms with Crippen molar-refractivity contribution in [2.45, 2.75) is 109 Å². The molecule has 1 unspecified atom stereocenters. The van der Waals surface area contributed by atoms with Gasteiger partial charge in [0.25, 0.3) is 5.56 Å². The van der Waals surface area contributed by atoms with Crippen LogP contribution in [-0.4, -0.2) is 105 Å². The zero-order chi connectivity index (χ0) is 40.8. The van der Waals surface area contributed by atoms with Gasteiger partial charge in [0.15, 0.2) is 31.8 Å². The monoisotopic (exact) mass is 840 g/mol.